The molecule has 0 saturated heterocycles. The van der Waals surface area contributed by atoms with Crippen molar-refractivity contribution in [2.24, 2.45) is 0 Å². The lowest BCUT2D eigenvalue weighted by atomic mass is 9.97. The third-order valence-corrected chi connectivity index (χ3v) is 8.85. The number of fused-ring (bicyclic) bond motifs is 2. The Bertz CT molecular complexity index is 1730. The van der Waals surface area contributed by atoms with Crippen molar-refractivity contribution in [2.45, 2.75) is 30.0 Å². The van der Waals surface area contributed by atoms with Crippen molar-refractivity contribution in [1.29, 1.82) is 0 Å². The predicted molar refractivity (Wildman–Crippen MR) is 150 cm³/mol. The number of anilines is 1. The van der Waals surface area contributed by atoms with Gasteiger partial charge in [-0.25, -0.2) is 0 Å². The average molecular weight is 542 g/mol. The Kier molecular flexibility index (Phi) is 6.25. The van der Waals surface area contributed by atoms with Crippen LogP contribution < -0.4 is 15.1 Å². The summed E-state index contributed by atoms with van der Waals surface area (Å²) in [5, 5.41) is 9.57. The molecule has 0 radical (unpaired) electrons. The number of nitrogens with zero attached hydrogens (tertiary/aromatic N) is 3. The molecule has 5 aromatic rings. The number of hydrogen-bond donors (Lipinski definition) is 0. The van der Waals surface area contributed by atoms with Crippen LogP contribution in [0.15, 0.2) is 80.3 Å². The van der Waals surface area contributed by atoms with E-state index in [9.17, 15) is 9.59 Å². The van der Waals surface area contributed by atoms with Gasteiger partial charge in [-0.3, -0.25) is 14.5 Å². The molecule has 1 aliphatic heterocycles. The molecule has 1 amide bonds. The highest BCUT2D eigenvalue weighted by molar-refractivity contribution is 8.00. The van der Waals surface area contributed by atoms with Crippen LogP contribution in [-0.2, 0) is 5.75 Å². The quantitative estimate of drug-likeness (QED) is 0.184. The maximum absolute atomic E-state index is 13.9. The predicted octanol–water partition coefficient (Wildman–Crippen LogP) is 6.31. The van der Waals surface area contributed by atoms with Gasteiger partial charge in [0.25, 0.3) is 5.91 Å². The summed E-state index contributed by atoms with van der Waals surface area (Å²) in [4.78, 5) is 29.2. The van der Waals surface area contributed by atoms with Gasteiger partial charge in [-0.05, 0) is 60.4 Å². The van der Waals surface area contributed by atoms with Crippen LogP contribution in [-0.4, -0.2) is 23.2 Å². The number of methoxy groups -OCH3 is 1. The molecule has 0 bridgehead atoms. The second-order valence-corrected chi connectivity index (χ2v) is 11.3. The van der Waals surface area contributed by atoms with Crippen LogP contribution in [0.3, 0.4) is 0 Å². The van der Waals surface area contributed by atoms with Crippen molar-refractivity contribution >= 4 is 45.1 Å². The Morgan fingerprint density at radius 1 is 1.00 bits per heavy atom. The second kappa shape index (κ2) is 9.74. The van der Waals surface area contributed by atoms with E-state index in [1.807, 2.05) is 68.4 Å². The number of ether oxygens (including phenoxy) is 1. The molecule has 0 saturated carbocycles. The first-order valence-electron chi connectivity index (χ1n) is 12.0. The Morgan fingerprint density at radius 3 is 2.47 bits per heavy atom. The molecule has 1 aliphatic rings. The maximum atomic E-state index is 13.9. The Morgan fingerprint density at radius 2 is 1.74 bits per heavy atom. The lowest BCUT2D eigenvalue weighted by Gasteiger charge is -2.22. The van der Waals surface area contributed by atoms with Gasteiger partial charge in [-0.1, -0.05) is 65.6 Å². The van der Waals surface area contributed by atoms with E-state index in [0.29, 0.717) is 27.4 Å². The minimum absolute atomic E-state index is 0.0419. The zero-order valence-corrected chi connectivity index (χ0v) is 22.6. The smallest absolute Gasteiger partial charge is 0.297 e. The summed E-state index contributed by atoms with van der Waals surface area (Å²) in [7, 11) is 1.59. The van der Waals surface area contributed by atoms with Crippen LogP contribution >= 0.6 is 23.1 Å². The first kappa shape index (κ1) is 24.4. The number of carbonyl (C=O) groups excluding carboxylic acids is 1. The molecule has 1 atom stereocenters. The van der Waals surface area contributed by atoms with E-state index in [0.717, 1.165) is 26.8 Å². The van der Waals surface area contributed by atoms with Gasteiger partial charge in [0.15, 0.2) is 9.77 Å². The molecule has 190 valence electrons. The fraction of sp³-hybridized carbons (Fsp3) is 0.172. The largest absolute Gasteiger partial charge is 0.497 e. The summed E-state index contributed by atoms with van der Waals surface area (Å²) >= 11 is 2.88. The Hall–Kier alpha value is -3.95. The van der Waals surface area contributed by atoms with Crippen molar-refractivity contribution in [2.75, 3.05) is 12.0 Å². The van der Waals surface area contributed by atoms with Gasteiger partial charge >= 0.3 is 0 Å². The lowest BCUT2D eigenvalue weighted by molar-refractivity contribution is 0.0970. The molecule has 3 heterocycles. The zero-order chi connectivity index (χ0) is 26.4. The van der Waals surface area contributed by atoms with Gasteiger partial charge < -0.3 is 9.15 Å². The summed E-state index contributed by atoms with van der Waals surface area (Å²) in [6.45, 7) is 3.90. The van der Waals surface area contributed by atoms with Gasteiger partial charge in [0.1, 0.15) is 11.3 Å². The summed E-state index contributed by atoms with van der Waals surface area (Å²) in [6, 6.07) is 20.4. The first-order valence-corrected chi connectivity index (χ1v) is 13.8. The Balaban J connectivity index is 1.46. The molecule has 2 aromatic heterocycles. The monoisotopic (exact) mass is 541 g/mol. The number of benzene rings is 3. The van der Waals surface area contributed by atoms with Gasteiger partial charge in [0.2, 0.25) is 10.9 Å². The number of hydrogen-bond acceptors (Lipinski definition) is 8. The minimum atomic E-state index is -0.703. The number of thioether (sulfide) groups is 1. The number of amides is 1. The molecule has 3 aromatic carbocycles. The maximum Gasteiger partial charge on any atom is 0.297 e. The van der Waals surface area contributed by atoms with E-state index in [1.54, 1.807) is 18.9 Å². The molecule has 0 N–H and O–H groups in total. The van der Waals surface area contributed by atoms with Gasteiger partial charge in [-0.2, -0.15) is 0 Å². The number of aryl methyl sites for hydroxylation is 2. The van der Waals surface area contributed by atoms with Crippen molar-refractivity contribution in [3.05, 3.63) is 111 Å². The van der Waals surface area contributed by atoms with E-state index in [4.69, 9.17) is 9.15 Å². The highest BCUT2D eigenvalue weighted by atomic mass is 32.2. The minimum Gasteiger partial charge on any atom is -0.497 e. The van der Waals surface area contributed by atoms with Crippen LogP contribution in [0, 0.1) is 13.8 Å². The number of rotatable bonds is 6. The molecule has 0 fully saturated rings. The van der Waals surface area contributed by atoms with Crippen LogP contribution in [0.2, 0.25) is 0 Å². The first-order chi connectivity index (χ1) is 18.4. The summed E-state index contributed by atoms with van der Waals surface area (Å²) < 4.78 is 12.2. The Labute approximate surface area is 227 Å². The van der Waals surface area contributed by atoms with Gasteiger partial charge in [0.05, 0.1) is 24.1 Å². The van der Waals surface area contributed by atoms with E-state index in [-0.39, 0.29) is 11.2 Å². The molecule has 7 nitrogen and oxygen atoms in total. The summed E-state index contributed by atoms with van der Waals surface area (Å²) in [5.74, 6) is 1.04. The lowest BCUT2D eigenvalue weighted by Crippen LogP contribution is -2.29. The molecule has 0 aliphatic carbocycles. The third-order valence-electron chi connectivity index (χ3n) is 6.73. The van der Waals surface area contributed by atoms with E-state index in [1.165, 1.54) is 21.8 Å². The molecular formula is C29H23N3O4S2. The third kappa shape index (κ3) is 4.17. The highest BCUT2D eigenvalue weighted by Crippen LogP contribution is 2.43. The van der Waals surface area contributed by atoms with Crippen molar-refractivity contribution in [3.63, 3.8) is 0 Å². The van der Waals surface area contributed by atoms with Crippen LogP contribution in [0.1, 0.15) is 44.4 Å². The highest BCUT2D eigenvalue weighted by Gasteiger charge is 2.45. The van der Waals surface area contributed by atoms with Crippen molar-refractivity contribution in [3.8, 4) is 5.75 Å². The zero-order valence-electron chi connectivity index (χ0n) is 20.9. The van der Waals surface area contributed by atoms with Crippen molar-refractivity contribution in [1.82, 2.24) is 10.2 Å². The van der Waals surface area contributed by atoms with E-state index >= 15 is 0 Å². The molecule has 38 heavy (non-hydrogen) atoms. The van der Waals surface area contributed by atoms with Crippen LogP contribution in [0.4, 0.5) is 5.13 Å². The van der Waals surface area contributed by atoms with Crippen molar-refractivity contribution < 1.29 is 13.9 Å². The molecule has 6 rings (SSSR count). The molecule has 0 spiro atoms. The number of aromatic nitrogens is 2. The topological polar surface area (TPSA) is 85.5 Å². The van der Waals surface area contributed by atoms with Crippen LogP contribution in [0.25, 0.3) is 11.0 Å². The van der Waals surface area contributed by atoms with Crippen LogP contribution in [0.5, 0.6) is 5.75 Å². The number of carbonyl (C=O) groups is 1. The van der Waals surface area contributed by atoms with E-state index in [2.05, 4.69) is 22.3 Å². The van der Waals surface area contributed by atoms with E-state index < -0.39 is 11.9 Å². The van der Waals surface area contributed by atoms with Gasteiger partial charge in [-0.15, -0.1) is 10.2 Å². The summed E-state index contributed by atoms with van der Waals surface area (Å²) in [6.07, 6.45) is 0. The normalized spacial score (nSPS) is 14.8. The fourth-order valence-corrected chi connectivity index (χ4v) is 6.43. The summed E-state index contributed by atoms with van der Waals surface area (Å²) in [5.41, 5.74) is 4.38. The fourth-order valence-electron chi connectivity index (χ4n) is 4.60. The molecular weight excluding hydrogens is 518 g/mol. The van der Waals surface area contributed by atoms with Gasteiger partial charge in [0, 0.05) is 5.75 Å². The SMILES string of the molecule is COc1ccc(C2c3c(oc4cc(C)c(C)cc4c3=O)C(=O)N2c2nnc(SCc3ccccc3)s2)cc1. The second-order valence-electron chi connectivity index (χ2n) is 9.08. The average Bonchev–Trinajstić information content (AvgIpc) is 3.52. The molecule has 9 heteroatoms. The standard InChI is InChI=1S/C29H23N3O4S2/c1-16-13-21-22(14-17(16)2)36-26-23(25(21)33)24(19-9-11-20(35-3)12-10-19)32(27(26)34)28-30-31-29(38-28)37-15-18-7-5-4-6-8-18/h4-14,24H,15H2,1-3H3. The molecule has 1 unspecified atom stereocenters.